The van der Waals surface area contributed by atoms with E-state index < -0.39 is 12.1 Å². The van der Waals surface area contributed by atoms with Gasteiger partial charge in [0.05, 0.1) is 18.1 Å². The summed E-state index contributed by atoms with van der Waals surface area (Å²) in [6, 6.07) is 13.9. The lowest BCUT2D eigenvalue weighted by Crippen LogP contribution is -2.33. The minimum atomic E-state index is -5.08. The van der Waals surface area contributed by atoms with Gasteiger partial charge in [0.2, 0.25) is 5.88 Å². The number of hydrogen-bond donors (Lipinski definition) is 3. The number of aromatic nitrogens is 3. The van der Waals surface area contributed by atoms with E-state index in [0.717, 1.165) is 36.4 Å². The number of pyridine rings is 1. The van der Waals surface area contributed by atoms with Gasteiger partial charge in [-0.25, -0.2) is 14.8 Å². The molecule has 3 aromatic rings. The molecule has 7 nitrogen and oxygen atoms in total. The Morgan fingerprint density at radius 2 is 1.91 bits per heavy atom. The zero-order chi connectivity index (χ0) is 24.1. The molecule has 33 heavy (non-hydrogen) atoms. The van der Waals surface area contributed by atoms with Gasteiger partial charge >= 0.3 is 12.1 Å². The summed E-state index contributed by atoms with van der Waals surface area (Å²) in [5, 5.41) is 10.8. The lowest BCUT2D eigenvalue weighted by Gasteiger charge is -2.34. The van der Waals surface area contributed by atoms with Gasteiger partial charge in [-0.1, -0.05) is 38.1 Å². The summed E-state index contributed by atoms with van der Waals surface area (Å²) in [5.74, 6) is -1.36. The van der Waals surface area contributed by atoms with E-state index in [2.05, 4.69) is 40.2 Å². The van der Waals surface area contributed by atoms with Gasteiger partial charge in [0, 0.05) is 24.5 Å². The number of carboxylic acid groups (broad SMARTS) is 1. The van der Waals surface area contributed by atoms with Gasteiger partial charge in [0.25, 0.3) is 0 Å². The highest BCUT2D eigenvalue weighted by Crippen LogP contribution is 2.39. The van der Waals surface area contributed by atoms with Crippen LogP contribution >= 0.6 is 0 Å². The number of ether oxygens (including phenoxy) is 1. The lowest BCUT2D eigenvalue weighted by atomic mass is 9.75. The van der Waals surface area contributed by atoms with Crippen LogP contribution in [0.5, 0.6) is 11.6 Å². The zero-order valence-corrected chi connectivity index (χ0v) is 18.2. The molecule has 1 aliphatic carbocycles. The predicted octanol–water partition coefficient (Wildman–Crippen LogP) is 5.03. The second-order valence-corrected chi connectivity index (χ2v) is 8.47. The summed E-state index contributed by atoms with van der Waals surface area (Å²) in [7, 11) is 0. The van der Waals surface area contributed by atoms with Gasteiger partial charge in [-0.2, -0.15) is 13.2 Å². The molecule has 1 aliphatic rings. The summed E-state index contributed by atoms with van der Waals surface area (Å²) >= 11 is 0. The molecular weight excluding hydrogens is 437 g/mol. The standard InChI is InChI=1S/C21H24N4O.C2HF3O2/c1-21(2)10-17(20-18(11-21)24-14-25-20)22-12-15-8-9-19(23-13-15)26-16-6-4-3-5-7-16;3-2(4,5)1(6)7/h3-9,13-14,17,22H,10-12H2,1-2H3,(H,24,25);(H,6,7). The number of carboxylic acids is 1. The van der Waals surface area contributed by atoms with Crippen LogP contribution in [0.1, 0.15) is 43.3 Å². The van der Waals surface area contributed by atoms with E-state index in [4.69, 9.17) is 14.6 Å². The molecule has 0 amide bonds. The zero-order valence-electron chi connectivity index (χ0n) is 18.2. The van der Waals surface area contributed by atoms with E-state index in [9.17, 15) is 13.2 Å². The Labute approximate surface area is 189 Å². The van der Waals surface area contributed by atoms with Crippen molar-refractivity contribution in [1.82, 2.24) is 20.3 Å². The number of imidazole rings is 1. The van der Waals surface area contributed by atoms with E-state index >= 15 is 0 Å². The molecule has 0 bridgehead atoms. The maximum Gasteiger partial charge on any atom is 0.490 e. The summed E-state index contributed by atoms with van der Waals surface area (Å²) < 4.78 is 37.5. The fourth-order valence-electron chi connectivity index (χ4n) is 3.57. The Balaban J connectivity index is 0.000000383. The Morgan fingerprint density at radius 1 is 1.21 bits per heavy atom. The smallest absolute Gasteiger partial charge is 0.475 e. The van der Waals surface area contributed by atoms with Crippen LogP contribution in [0.4, 0.5) is 13.2 Å². The van der Waals surface area contributed by atoms with Crippen LogP contribution < -0.4 is 10.1 Å². The Bertz CT molecular complexity index is 1050. The van der Waals surface area contributed by atoms with Crippen LogP contribution in [-0.4, -0.2) is 32.2 Å². The van der Waals surface area contributed by atoms with Crippen molar-refractivity contribution in [3.63, 3.8) is 0 Å². The Morgan fingerprint density at radius 3 is 2.52 bits per heavy atom. The quantitative estimate of drug-likeness (QED) is 0.492. The number of aliphatic carboxylic acids is 1. The molecule has 0 radical (unpaired) electrons. The van der Waals surface area contributed by atoms with Crippen molar-refractivity contribution in [2.45, 2.75) is 45.5 Å². The molecule has 2 heterocycles. The summed E-state index contributed by atoms with van der Waals surface area (Å²) in [6.07, 6.45) is 0.712. The maximum atomic E-state index is 10.6. The number of benzene rings is 1. The first-order chi connectivity index (χ1) is 15.5. The van der Waals surface area contributed by atoms with Gasteiger partial charge in [0.15, 0.2) is 0 Å². The second kappa shape index (κ2) is 10.0. The van der Waals surface area contributed by atoms with E-state index in [0.29, 0.717) is 5.88 Å². The van der Waals surface area contributed by atoms with Gasteiger partial charge < -0.3 is 20.1 Å². The van der Waals surface area contributed by atoms with Crippen molar-refractivity contribution in [2.75, 3.05) is 0 Å². The fraction of sp³-hybridized carbons (Fsp3) is 0.348. The second-order valence-electron chi connectivity index (χ2n) is 8.47. The Kier molecular flexibility index (Phi) is 7.37. The van der Waals surface area contributed by atoms with Crippen LogP contribution in [0.3, 0.4) is 0 Å². The average Bonchev–Trinajstić information content (AvgIpc) is 3.21. The molecule has 0 saturated carbocycles. The molecule has 10 heteroatoms. The van der Waals surface area contributed by atoms with Crippen LogP contribution in [-0.2, 0) is 17.8 Å². The molecule has 1 unspecified atom stereocenters. The van der Waals surface area contributed by atoms with E-state index in [-0.39, 0.29) is 11.5 Å². The van der Waals surface area contributed by atoms with Gasteiger partial charge in [-0.15, -0.1) is 0 Å². The highest BCUT2D eigenvalue weighted by Gasteiger charge is 2.38. The van der Waals surface area contributed by atoms with Crippen molar-refractivity contribution in [2.24, 2.45) is 5.41 Å². The predicted molar refractivity (Wildman–Crippen MR) is 115 cm³/mol. The number of para-hydroxylation sites is 1. The SMILES string of the molecule is CC1(C)Cc2[nH]cnc2C(NCc2ccc(Oc3ccccc3)nc2)C1.O=C(O)C(F)(F)F. The van der Waals surface area contributed by atoms with Crippen molar-refractivity contribution < 1.29 is 27.8 Å². The van der Waals surface area contributed by atoms with Crippen LogP contribution in [0.15, 0.2) is 55.0 Å². The first-order valence-corrected chi connectivity index (χ1v) is 10.3. The third-order valence-electron chi connectivity index (χ3n) is 5.05. The van der Waals surface area contributed by atoms with E-state index in [1.807, 2.05) is 42.6 Å². The van der Waals surface area contributed by atoms with Gasteiger partial charge in [0.1, 0.15) is 5.75 Å². The monoisotopic (exact) mass is 462 g/mol. The molecular formula is C23H25F3N4O3. The molecule has 3 N–H and O–H groups in total. The molecule has 2 aromatic heterocycles. The molecule has 0 saturated heterocycles. The highest BCUT2D eigenvalue weighted by molar-refractivity contribution is 5.73. The number of H-pyrrole nitrogens is 1. The number of hydrogen-bond acceptors (Lipinski definition) is 5. The minimum absolute atomic E-state index is 0.264. The number of halogens is 3. The first-order valence-electron chi connectivity index (χ1n) is 10.3. The normalized spacial score (nSPS) is 16.8. The molecule has 1 atom stereocenters. The number of nitrogens with one attached hydrogen (secondary N) is 2. The number of aromatic amines is 1. The lowest BCUT2D eigenvalue weighted by molar-refractivity contribution is -0.192. The van der Waals surface area contributed by atoms with Crippen molar-refractivity contribution in [3.05, 3.63) is 71.9 Å². The summed E-state index contributed by atoms with van der Waals surface area (Å²) in [6.45, 7) is 5.37. The molecule has 176 valence electrons. The average molecular weight is 462 g/mol. The number of alkyl halides is 3. The summed E-state index contributed by atoms with van der Waals surface area (Å²) in [5.41, 5.74) is 3.80. The number of fused-ring (bicyclic) bond motifs is 1. The number of nitrogens with zero attached hydrogens (tertiary/aromatic N) is 2. The maximum absolute atomic E-state index is 10.6. The summed E-state index contributed by atoms with van der Waals surface area (Å²) in [4.78, 5) is 21.1. The Hall–Kier alpha value is -3.40. The van der Waals surface area contributed by atoms with Crippen molar-refractivity contribution in [3.8, 4) is 11.6 Å². The highest BCUT2D eigenvalue weighted by atomic mass is 19.4. The topological polar surface area (TPSA) is 100 Å². The van der Waals surface area contributed by atoms with Crippen molar-refractivity contribution >= 4 is 5.97 Å². The van der Waals surface area contributed by atoms with Crippen molar-refractivity contribution in [1.29, 1.82) is 0 Å². The minimum Gasteiger partial charge on any atom is -0.475 e. The van der Waals surface area contributed by atoms with Crippen LogP contribution in [0.2, 0.25) is 0 Å². The number of carbonyl (C=O) groups is 1. The van der Waals surface area contributed by atoms with Gasteiger partial charge in [-0.05, 0) is 36.0 Å². The van der Waals surface area contributed by atoms with E-state index in [1.165, 1.54) is 5.69 Å². The molecule has 4 rings (SSSR count). The molecule has 0 spiro atoms. The fourth-order valence-corrected chi connectivity index (χ4v) is 3.57. The van der Waals surface area contributed by atoms with Gasteiger partial charge in [-0.3, -0.25) is 0 Å². The largest absolute Gasteiger partial charge is 0.490 e. The van der Waals surface area contributed by atoms with E-state index in [1.54, 1.807) is 6.33 Å². The molecule has 0 fully saturated rings. The van der Waals surface area contributed by atoms with Crippen LogP contribution in [0, 0.1) is 5.41 Å². The number of rotatable bonds is 5. The first kappa shape index (κ1) is 24.2. The molecule has 0 aliphatic heterocycles. The third-order valence-corrected chi connectivity index (χ3v) is 5.05. The van der Waals surface area contributed by atoms with Crippen LogP contribution in [0.25, 0.3) is 0 Å². The third kappa shape index (κ3) is 7.04. The molecule has 1 aromatic carbocycles.